The molecule has 0 fully saturated rings. The van der Waals surface area contributed by atoms with Gasteiger partial charge in [0, 0.05) is 11.6 Å². The second kappa shape index (κ2) is 8.97. The molecule has 0 unspecified atom stereocenters. The van der Waals surface area contributed by atoms with Gasteiger partial charge in [0.25, 0.3) is 5.91 Å². The lowest BCUT2D eigenvalue weighted by atomic mass is 10.2. The molecule has 0 aliphatic carbocycles. The molecule has 2 N–H and O–H groups in total. The average molecular weight is 377 g/mol. The summed E-state index contributed by atoms with van der Waals surface area (Å²) in [5.41, 5.74) is 2.88. The molecule has 0 saturated carbocycles. The van der Waals surface area contributed by atoms with Crippen LogP contribution in [0.25, 0.3) is 0 Å². The molecule has 8 nitrogen and oxygen atoms in total. The van der Waals surface area contributed by atoms with Gasteiger partial charge in [-0.25, -0.2) is 18.6 Å². The van der Waals surface area contributed by atoms with Gasteiger partial charge in [-0.3, -0.25) is 4.79 Å². The van der Waals surface area contributed by atoms with Crippen LogP contribution in [0.1, 0.15) is 5.56 Å². The zero-order valence-electron chi connectivity index (χ0n) is 14.3. The Hall–Kier alpha value is -2.91. The summed E-state index contributed by atoms with van der Waals surface area (Å²) in [6.45, 7) is -0.436. The quantitative estimate of drug-likeness (QED) is 0.530. The Balaban J connectivity index is 1.92. The maximum atomic E-state index is 12.0. The van der Waals surface area contributed by atoms with Gasteiger partial charge >= 0.3 is 0 Å². The fraction of sp³-hybridized carbons (Fsp3) is 0.176. The van der Waals surface area contributed by atoms with Crippen LogP contribution in [-0.2, 0) is 14.8 Å². The first-order valence-electron chi connectivity index (χ1n) is 7.55. The molecular weight excluding hydrogens is 358 g/mol. The third-order valence-corrected chi connectivity index (χ3v) is 4.73. The largest absolute Gasteiger partial charge is 0.497 e. The van der Waals surface area contributed by atoms with Crippen LogP contribution in [0.15, 0.2) is 58.5 Å². The molecular formula is C17H19N3O5S. The Bertz CT molecular complexity index is 883. The van der Waals surface area contributed by atoms with E-state index in [2.05, 4.69) is 15.2 Å². The van der Waals surface area contributed by atoms with E-state index in [1.54, 1.807) is 43.5 Å². The smallest absolute Gasteiger partial charge is 0.255 e. The molecule has 138 valence electrons. The second-order valence-electron chi connectivity index (χ2n) is 5.04. The maximum absolute atomic E-state index is 12.0. The van der Waals surface area contributed by atoms with Crippen LogP contribution >= 0.6 is 0 Å². The predicted octanol–water partition coefficient (Wildman–Crippen LogP) is 1.13. The number of amides is 1. The van der Waals surface area contributed by atoms with E-state index in [1.807, 2.05) is 0 Å². The van der Waals surface area contributed by atoms with Crippen molar-refractivity contribution in [2.45, 2.75) is 4.90 Å². The number of hydrogen-bond acceptors (Lipinski definition) is 6. The number of benzene rings is 2. The van der Waals surface area contributed by atoms with Gasteiger partial charge in [0.05, 0.1) is 31.9 Å². The summed E-state index contributed by atoms with van der Waals surface area (Å²) in [7, 11) is -0.704. The van der Waals surface area contributed by atoms with Gasteiger partial charge in [0.2, 0.25) is 10.0 Å². The fourth-order valence-corrected chi connectivity index (χ4v) is 2.99. The summed E-state index contributed by atoms with van der Waals surface area (Å²) in [6.07, 6.45) is 1.39. The number of nitrogens with zero attached hydrogens (tertiary/aromatic N) is 1. The lowest BCUT2D eigenvalue weighted by Gasteiger charge is -2.07. The van der Waals surface area contributed by atoms with Gasteiger partial charge in [-0.2, -0.15) is 5.10 Å². The molecule has 0 aromatic heterocycles. The second-order valence-corrected chi connectivity index (χ2v) is 6.81. The number of ether oxygens (including phenoxy) is 2. The van der Waals surface area contributed by atoms with Crippen molar-refractivity contribution in [3.05, 3.63) is 54.1 Å². The number of rotatable bonds is 8. The molecule has 2 aromatic rings. The topological polar surface area (TPSA) is 106 Å². The predicted molar refractivity (Wildman–Crippen MR) is 96.9 cm³/mol. The number of sulfonamides is 1. The summed E-state index contributed by atoms with van der Waals surface area (Å²) in [4.78, 5) is 11.8. The van der Waals surface area contributed by atoms with Crippen molar-refractivity contribution >= 4 is 22.1 Å². The third-order valence-electron chi connectivity index (χ3n) is 3.31. The highest BCUT2D eigenvalue weighted by Gasteiger charge is 2.14. The number of methoxy groups -OCH3 is 2. The molecule has 26 heavy (non-hydrogen) atoms. The third kappa shape index (κ3) is 5.30. The van der Waals surface area contributed by atoms with Crippen LogP contribution in [0.2, 0.25) is 0 Å². The molecule has 0 saturated heterocycles. The van der Waals surface area contributed by atoms with E-state index in [4.69, 9.17) is 9.47 Å². The highest BCUT2D eigenvalue weighted by Crippen LogP contribution is 2.22. The van der Waals surface area contributed by atoms with Gasteiger partial charge < -0.3 is 9.47 Å². The normalized spacial score (nSPS) is 11.3. The molecule has 0 aliphatic rings. The SMILES string of the molecule is COc1ccc(/C=N/NC(=O)CNS(=O)(=O)c2ccccc2)c(OC)c1. The Morgan fingerprint density at radius 2 is 1.85 bits per heavy atom. The standard InChI is InChI=1S/C17H19N3O5S/c1-24-14-9-8-13(16(10-14)25-2)11-18-20-17(21)12-19-26(22,23)15-6-4-3-5-7-15/h3-11,19H,12H2,1-2H3,(H,20,21)/b18-11+. The Labute approximate surface area is 151 Å². The molecule has 9 heteroatoms. The van der Waals surface area contributed by atoms with Crippen molar-refractivity contribution in [3.8, 4) is 11.5 Å². The molecule has 0 heterocycles. The monoisotopic (exact) mass is 377 g/mol. The van der Waals surface area contributed by atoms with Gasteiger partial charge in [0.1, 0.15) is 11.5 Å². The van der Waals surface area contributed by atoms with Crippen molar-refractivity contribution < 1.29 is 22.7 Å². The molecule has 0 aliphatic heterocycles. The molecule has 0 radical (unpaired) electrons. The lowest BCUT2D eigenvalue weighted by Crippen LogP contribution is -2.34. The van der Waals surface area contributed by atoms with E-state index < -0.39 is 22.5 Å². The highest BCUT2D eigenvalue weighted by molar-refractivity contribution is 7.89. The Kier molecular flexibility index (Phi) is 6.70. The van der Waals surface area contributed by atoms with Crippen molar-refractivity contribution in [1.82, 2.24) is 10.1 Å². The number of hydrogen-bond donors (Lipinski definition) is 2. The Morgan fingerprint density at radius 1 is 1.12 bits per heavy atom. The highest BCUT2D eigenvalue weighted by atomic mass is 32.2. The van der Waals surface area contributed by atoms with E-state index >= 15 is 0 Å². The van der Waals surface area contributed by atoms with Crippen molar-refractivity contribution in [2.75, 3.05) is 20.8 Å². The molecule has 2 aromatic carbocycles. The zero-order valence-corrected chi connectivity index (χ0v) is 15.1. The first-order chi connectivity index (χ1) is 12.5. The summed E-state index contributed by atoms with van der Waals surface area (Å²) in [5.74, 6) is 0.540. The summed E-state index contributed by atoms with van der Waals surface area (Å²) >= 11 is 0. The molecule has 0 atom stereocenters. The summed E-state index contributed by atoms with van der Waals surface area (Å²) in [5, 5.41) is 3.80. The minimum atomic E-state index is -3.75. The summed E-state index contributed by atoms with van der Waals surface area (Å²) < 4.78 is 36.5. The number of hydrazone groups is 1. The van der Waals surface area contributed by atoms with Crippen molar-refractivity contribution in [1.29, 1.82) is 0 Å². The van der Waals surface area contributed by atoms with E-state index in [-0.39, 0.29) is 4.90 Å². The molecule has 0 bridgehead atoms. The number of carbonyl (C=O) groups is 1. The van der Waals surface area contributed by atoms with Crippen LogP contribution in [0.4, 0.5) is 0 Å². The maximum Gasteiger partial charge on any atom is 0.255 e. The first-order valence-corrected chi connectivity index (χ1v) is 9.03. The van der Waals surface area contributed by atoms with E-state index in [0.29, 0.717) is 17.1 Å². The van der Waals surface area contributed by atoms with E-state index in [1.165, 1.54) is 25.5 Å². The van der Waals surface area contributed by atoms with Gasteiger partial charge in [0.15, 0.2) is 0 Å². The van der Waals surface area contributed by atoms with Gasteiger partial charge in [-0.15, -0.1) is 0 Å². The Morgan fingerprint density at radius 3 is 2.50 bits per heavy atom. The van der Waals surface area contributed by atoms with Gasteiger partial charge in [-0.1, -0.05) is 18.2 Å². The minimum absolute atomic E-state index is 0.0827. The minimum Gasteiger partial charge on any atom is -0.497 e. The summed E-state index contributed by atoms with van der Waals surface area (Å²) in [6, 6.07) is 12.9. The van der Waals surface area contributed by atoms with Crippen LogP contribution in [0.3, 0.4) is 0 Å². The molecule has 1 amide bonds. The van der Waals surface area contributed by atoms with E-state index in [0.717, 1.165) is 0 Å². The first kappa shape index (κ1) is 19.4. The number of carbonyl (C=O) groups excluding carboxylic acids is 1. The van der Waals surface area contributed by atoms with Crippen LogP contribution in [0, 0.1) is 0 Å². The number of nitrogens with one attached hydrogen (secondary N) is 2. The fourth-order valence-electron chi connectivity index (χ4n) is 1.98. The van der Waals surface area contributed by atoms with Crippen LogP contribution in [0.5, 0.6) is 11.5 Å². The van der Waals surface area contributed by atoms with Gasteiger partial charge in [-0.05, 0) is 24.3 Å². The zero-order chi connectivity index (χ0) is 19.0. The lowest BCUT2D eigenvalue weighted by molar-refractivity contribution is -0.119. The molecule has 2 rings (SSSR count). The van der Waals surface area contributed by atoms with Crippen molar-refractivity contribution in [2.24, 2.45) is 5.10 Å². The van der Waals surface area contributed by atoms with E-state index in [9.17, 15) is 13.2 Å². The van der Waals surface area contributed by atoms with Crippen LogP contribution < -0.4 is 19.6 Å². The molecule has 0 spiro atoms. The van der Waals surface area contributed by atoms with Crippen molar-refractivity contribution in [3.63, 3.8) is 0 Å². The average Bonchev–Trinajstić information content (AvgIpc) is 2.67. The van der Waals surface area contributed by atoms with Crippen LogP contribution in [-0.4, -0.2) is 41.3 Å².